The lowest BCUT2D eigenvalue weighted by Crippen LogP contribution is -2.42. The van der Waals surface area contributed by atoms with Crippen LogP contribution in [0.2, 0.25) is 0 Å². The number of allylic oxidation sites excluding steroid dienone is 1. The van der Waals surface area contributed by atoms with Crippen molar-refractivity contribution in [3.8, 4) is 0 Å². The third-order valence-electron chi connectivity index (χ3n) is 6.06. The summed E-state index contributed by atoms with van der Waals surface area (Å²) >= 11 is 0. The normalized spacial score (nSPS) is 30.2. The van der Waals surface area contributed by atoms with Crippen molar-refractivity contribution in [1.29, 1.82) is 0 Å². The number of nitrogens with zero attached hydrogens (tertiary/aromatic N) is 1. The second-order valence-electron chi connectivity index (χ2n) is 9.82. The second kappa shape index (κ2) is 8.99. The van der Waals surface area contributed by atoms with Crippen molar-refractivity contribution in [2.75, 3.05) is 32.6 Å². The maximum Gasteiger partial charge on any atom is 0.410 e. The molecule has 0 spiro atoms. The zero-order valence-corrected chi connectivity index (χ0v) is 19.2. The molecule has 170 valence electrons. The lowest BCUT2D eigenvalue weighted by Gasteiger charge is -2.33. The van der Waals surface area contributed by atoms with E-state index in [9.17, 15) is 17.6 Å². The molecule has 1 saturated carbocycles. The van der Waals surface area contributed by atoms with E-state index in [1.54, 1.807) is 11.0 Å². The molecule has 30 heavy (non-hydrogen) atoms. The molecule has 4 atom stereocenters. The summed E-state index contributed by atoms with van der Waals surface area (Å²) in [4.78, 5) is 14.0. The van der Waals surface area contributed by atoms with E-state index in [-0.39, 0.29) is 6.09 Å². The smallest absolute Gasteiger partial charge is 0.410 e. The van der Waals surface area contributed by atoms with Crippen LogP contribution in [0.4, 0.5) is 9.18 Å². The highest BCUT2D eigenvalue weighted by atomic mass is 32.2. The van der Waals surface area contributed by atoms with Crippen LogP contribution in [-0.2, 0) is 19.3 Å². The summed E-state index contributed by atoms with van der Waals surface area (Å²) in [6, 6.07) is 0. The van der Waals surface area contributed by atoms with E-state index in [4.69, 9.17) is 9.47 Å². The summed E-state index contributed by atoms with van der Waals surface area (Å²) in [5.41, 5.74) is 0.217. The Balaban J connectivity index is 1.35. The molecule has 0 radical (unpaired) electrons. The molecule has 0 bridgehead atoms. The van der Waals surface area contributed by atoms with Crippen molar-refractivity contribution < 1.29 is 27.1 Å². The summed E-state index contributed by atoms with van der Waals surface area (Å²) < 4.78 is 48.4. The molecule has 1 heterocycles. The Morgan fingerprint density at radius 2 is 1.93 bits per heavy atom. The fourth-order valence-corrected chi connectivity index (χ4v) is 5.27. The molecule has 6 nitrogen and oxygen atoms in total. The first-order valence-electron chi connectivity index (χ1n) is 10.7. The van der Waals surface area contributed by atoms with Gasteiger partial charge < -0.3 is 14.4 Å². The Morgan fingerprint density at radius 1 is 1.27 bits per heavy atom. The number of halogens is 1. The van der Waals surface area contributed by atoms with E-state index in [0.29, 0.717) is 36.5 Å². The van der Waals surface area contributed by atoms with Crippen molar-refractivity contribution in [2.45, 2.75) is 57.1 Å². The molecule has 0 N–H and O–H groups in total. The van der Waals surface area contributed by atoms with Crippen LogP contribution >= 0.6 is 0 Å². The van der Waals surface area contributed by atoms with Crippen molar-refractivity contribution >= 4 is 15.9 Å². The summed E-state index contributed by atoms with van der Waals surface area (Å²) in [5, 5.41) is -1.10. The van der Waals surface area contributed by atoms with Gasteiger partial charge in [-0.05, 0) is 69.4 Å². The van der Waals surface area contributed by atoms with Gasteiger partial charge in [-0.3, -0.25) is 0 Å². The Hall–Kier alpha value is -1.41. The lowest BCUT2D eigenvalue weighted by molar-refractivity contribution is 0.0171. The monoisotopic (exact) mass is 443 g/mol. The number of hydrogen-bond donors (Lipinski definition) is 0. The fraction of sp³-hybridized carbons (Fsp3) is 0.773. The topological polar surface area (TPSA) is 72.9 Å². The maximum absolute atomic E-state index is 14.1. The van der Waals surface area contributed by atoms with E-state index in [2.05, 4.69) is 0 Å². The van der Waals surface area contributed by atoms with Gasteiger partial charge in [0.05, 0.1) is 13.2 Å². The third kappa shape index (κ3) is 6.30. The van der Waals surface area contributed by atoms with Crippen LogP contribution in [0.25, 0.3) is 0 Å². The third-order valence-corrected chi connectivity index (χ3v) is 7.46. The van der Waals surface area contributed by atoms with E-state index < -0.39 is 26.9 Å². The fourth-order valence-electron chi connectivity index (χ4n) is 4.36. The molecule has 8 heteroatoms. The maximum atomic E-state index is 14.1. The number of piperidine rings is 1. The van der Waals surface area contributed by atoms with Crippen molar-refractivity contribution in [2.24, 2.45) is 17.8 Å². The van der Waals surface area contributed by atoms with Crippen LogP contribution in [0.3, 0.4) is 0 Å². The summed E-state index contributed by atoms with van der Waals surface area (Å²) in [6.07, 6.45) is 6.83. The standard InChI is InChI=1S/C22H34FNO5S/c1-22(2,3)29-21(25)24-9-7-16(8-10-24)18-12-17(18)14-28-13-15-5-6-20(19(23)11-15)30(4,26)27/h5-6,11,16-20H,7-10,12-14H2,1-4H3/t17-,18+,19?,20?/m0/s1. The number of rotatable bonds is 6. The zero-order valence-electron chi connectivity index (χ0n) is 18.3. The molecular formula is C22H34FNO5S. The molecule has 2 fully saturated rings. The van der Waals surface area contributed by atoms with Gasteiger partial charge in [0, 0.05) is 19.3 Å². The molecule has 1 amide bonds. The van der Waals surface area contributed by atoms with Gasteiger partial charge in [0.1, 0.15) is 17.0 Å². The van der Waals surface area contributed by atoms with Crippen LogP contribution < -0.4 is 0 Å². The minimum atomic E-state index is -3.44. The number of likely N-dealkylation sites (tertiary alicyclic amines) is 1. The van der Waals surface area contributed by atoms with Gasteiger partial charge in [0.2, 0.25) is 0 Å². The second-order valence-corrected chi connectivity index (χ2v) is 12.0. The van der Waals surface area contributed by atoms with Crippen LogP contribution in [0.15, 0.2) is 23.8 Å². The lowest BCUT2D eigenvalue weighted by atomic mass is 9.91. The molecule has 1 aliphatic heterocycles. The Morgan fingerprint density at radius 3 is 2.50 bits per heavy atom. The number of carbonyl (C=O) groups excluding carboxylic acids is 1. The van der Waals surface area contributed by atoms with Gasteiger partial charge in [-0.25, -0.2) is 17.6 Å². The predicted molar refractivity (Wildman–Crippen MR) is 114 cm³/mol. The number of hydrogen-bond acceptors (Lipinski definition) is 5. The average Bonchev–Trinajstić information content (AvgIpc) is 3.39. The SMILES string of the molecule is CC(C)(C)OC(=O)N1CCC([C@H]2C[C@H]2COCC2=CC(F)C(S(C)(=O)=O)C=C2)CC1. The van der Waals surface area contributed by atoms with Gasteiger partial charge in [-0.15, -0.1) is 0 Å². The molecule has 3 rings (SSSR count). The Kier molecular flexibility index (Phi) is 6.97. The number of alkyl halides is 1. The van der Waals surface area contributed by atoms with E-state index in [0.717, 1.165) is 38.6 Å². The number of amides is 1. The van der Waals surface area contributed by atoms with Crippen molar-refractivity contribution in [3.63, 3.8) is 0 Å². The van der Waals surface area contributed by atoms with Gasteiger partial charge in [-0.1, -0.05) is 12.2 Å². The van der Waals surface area contributed by atoms with Crippen LogP contribution in [-0.4, -0.2) is 69.0 Å². The molecule has 1 saturated heterocycles. The van der Waals surface area contributed by atoms with Crippen molar-refractivity contribution in [3.05, 3.63) is 23.8 Å². The van der Waals surface area contributed by atoms with Crippen LogP contribution in [0.5, 0.6) is 0 Å². The van der Waals surface area contributed by atoms with Crippen LogP contribution in [0.1, 0.15) is 40.0 Å². The van der Waals surface area contributed by atoms with E-state index >= 15 is 0 Å². The summed E-state index contributed by atoms with van der Waals surface area (Å²) in [6.45, 7) is 8.04. The van der Waals surface area contributed by atoms with Gasteiger partial charge >= 0.3 is 6.09 Å². The number of carbonyl (C=O) groups is 1. The van der Waals surface area contributed by atoms with E-state index in [1.165, 1.54) is 12.2 Å². The molecule has 3 aliphatic rings. The minimum absolute atomic E-state index is 0.227. The van der Waals surface area contributed by atoms with Crippen LogP contribution in [0, 0.1) is 17.8 Å². The Bertz CT molecular complexity index is 793. The van der Waals surface area contributed by atoms with Crippen molar-refractivity contribution in [1.82, 2.24) is 4.90 Å². The molecular weight excluding hydrogens is 409 g/mol. The van der Waals surface area contributed by atoms with Gasteiger partial charge in [0.15, 0.2) is 9.84 Å². The quantitative estimate of drug-likeness (QED) is 0.628. The predicted octanol–water partition coefficient (Wildman–Crippen LogP) is 3.53. The van der Waals surface area contributed by atoms with Gasteiger partial charge in [0.25, 0.3) is 0 Å². The molecule has 0 aromatic carbocycles. The first kappa shape index (κ1) is 23.3. The van der Waals surface area contributed by atoms with Gasteiger partial charge in [-0.2, -0.15) is 0 Å². The number of ether oxygens (including phenoxy) is 2. The minimum Gasteiger partial charge on any atom is -0.444 e. The highest BCUT2D eigenvalue weighted by Crippen LogP contribution is 2.48. The Labute approximate surface area is 179 Å². The highest BCUT2D eigenvalue weighted by Gasteiger charge is 2.44. The molecule has 0 aromatic rings. The molecule has 2 aliphatic carbocycles. The van der Waals surface area contributed by atoms with E-state index in [1.807, 2.05) is 20.8 Å². The summed E-state index contributed by atoms with van der Waals surface area (Å²) in [7, 11) is -3.44. The average molecular weight is 444 g/mol. The zero-order chi connectivity index (χ0) is 22.1. The first-order chi connectivity index (χ1) is 13.9. The largest absolute Gasteiger partial charge is 0.444 e. The molecule has 0 aromatic heterocycles. The first-order valence-corrected chi connectivity index (χ1v) is 12.7. The summed E-state index contributed by atoms with van der Waals surface area (Å²) in [5.74, 6) is 1.75. The highest BCUT2D eigenvalue weighted by molar-refractivity contribution is 7.91. The molecule has 2 unspecified atom stereocenters. The number of sulfone groups is 1.